The van der Waals surface area contributed by atoms with Crippen molar-refractivity contribution in [2.45, 2.75) is 19.8 Å². The van der Waals surface area contributed by atoms with E-state index in [0.717, 1.165) is 17.7 Å². The van der Waals surface area contributed by atoms with Crippen LogP contribution < -0.4 is 10.2 Å². The second kappa shape index (κ2) is 7.12. The molecule has 0 bridgehead atoms. The van der Waals surface area contributed by atoms with Crippen LogP contribution in [-0.2, 0) is 11.2 Å². The molecule has 3 rings (SSSR count). The van der Waals surface area contributed by atoms with E-state index >= 15 is 0 Å². The second-order valence-electron chi connectivity index (χ2n) is 6.07. The van der Waals surface area contributed by atoms with E-state index in [4.69, 9.17) is 16.9 Å². The molecule has 1 aliphatic heterocycles. The molecule has 2 aromatic carbocycles. The summed E-state index contributed by atoms with van der Waals surface area (Å²) in [6, 6.07) is 9.95. The van der Waals surface area contributed by atoms with E-state index in [2.05, 4.69) is 5.32 Å². The van der Waals surface area contributed by atoms with Crippen molar-refractivity contribution in [2.24, 2.45) is 0 Å². The number of nitrogens with one attached hydrogen (secondary N) is 1. The first-order valence-corrected chi connectivity index (χ1v) is 8.40. The third-order valence-corrected chi connectivity index (χ3v) is 4.54. The number of hydrogen-bond donors (Lipinski definition) is 1. The van der Waals surface area contributed by atoms with Crippen LogP contribution in [0.5, 0.6) is 0 Å². The van der Waals surface area contributed by atoms with Crippen LogP contribution in [0.1, 0.15) is 23.1 Å². The third kappa shape index (κ3) is 3.59. The molecule has 0 fully saturated rings. The van der Waals surface area contributed by atoms with Gasteiger partial charge in [-0.05, 0) is 49.6 Å². The van der Waals surface area contributed by atoms with Crippen LogP contribution in [0.3, 0.4) is 0 Å². The van der Waals surface area contributed by atoms with Crippen molar-refractivity contribution in [3.8, 4) is 6.07 Å². The summed E-state index contributed by atoms with van der Waals surface area (Å²) in [4.78, 5) is 14.4. The summed E-state index contributed by atoms with van der Waals surface area (Å²) in [5.74, 6) is -0.498. The molecule has 4 nitrogen and oxygen atoms in total. The summed E-state index contributed by atoms with van der Waals surface area (Å²) < 4.78 is 14.1. The van der Waals surface area contributed by atoms with Gasteiger partial charge in [0.25, 0.3) is 0 Å². The number of amides is 1. The fourth-order valence-corrected chi connectivity index (χ4v) is 3.38. The molecular weight excluding hydrogens is 341 g/mol. The first kappa shape index (κ1) is 17.2. The highest BCUT2D eigenvalue weighted by molar-refractivity contribution is 6.31. The Morgan fingerprint density at radius 3 is 2.96 bits per heavy atom. The standard InChI is InChI=1S/C19H17ClFN3O/c1-12-4-7-16(21)15-3-2-8-24(19(12)15)11-18(25)23-17-9-14(20)6-5-13(17)10-22/h4-7,9H,2-3,8,11H2,1H3,(H,23,25). The molecule has 1 heterocycles. The number of rotatable bonds is 3. The number of carbonyl (C=O) groups excluding carboxylic acids is 1. The third-order valence-electron chi connectivity index (χ3n) is 4.31. The molecule has 1 aliphatic rings. The number of carbonyl (C=O) groups is 1. The zero-order valence-corrected chi connectivity index (χ0v) is 14.5. The lowest BCUT2D eigenvalue weighted by molar-refractivity contribution is -0.115. The molecule has 6 heteroatoms. The quantitative estimate of drug-likeness (QED) is 0.901. The normalized spacial score (nSPS) is 13.1. The van der Waals surface area contributed by atoms with Crippen molar-refractivity contribution in [1.82, 2.24) is 0 Å². The maximum atomic E-state index is 14.1. The number of aryl methyl sites for hydroxylation is 1. The minimum absolute atomic E-state index is 0.0919. The van der Waals surface area contributed by atoms with Crippen molar-refractivity contribution in [3.63, 3.8) is 0 Å². The predicted molar refractivity (Wildman–Crippen MR) is 96.5 cm³/mol. The maximum Gasteiger partial charge on any atom is 0.243 e. The molecule has 25 heavy (non-hydrogen) atoms. The zero-order valence-electron chi connectivity index (χ0n) is 13.8. The lowest BCUT2D eigenvalue weighted by Crippen LogP contribution is -2.37. The highest BCUT2D eigenvalue weighted by Crippen LogP contribution is 2.32. The Morgan fingerprint density at radius 1 is 1.40 bits per heavy atom. The van der Waals surface area contributed by atoms with Gasteiger partial charge in [-0.1, -0.05) is 17.7 Å². The highest BCUT2D eigenvalue weighted by Gasteiger charge is 2.23. The van der Waals surface area contributed by atoms with E-state index in [0.29, 0.717) is 34.8 Å². The fraction of sp³-hybridized carbons (Fsp3) is 0.263. The van der Waals surface area contributed by atoms with Crippen LogP contribution in [0.15, 0.2) is 30.3 Å². The molecule has 0 saturated heterocycles. The molecule has 0 aromatic heterocycles. The number of anilines is 2. The van der Waals surface area contributed by atoms with Crippen LogP contribution in [0.2, 0.25) is 5.02 Å². The number of benzene rings is 2. The van der Waals surface area contributed by atoms with Gasteiger partial charge in [0.2, 0.25) is 5.91 Å². The molecule has 0 saturated carbocycles. The summed E-state index contributed by atoms with van der Waals surface area (Å²) in [5.41, 5.74) is 3.14. The minimum atomic E-state index is -0.268. The predicted octanol–water partition coefficient (Wildman–Crippen LogP) is 4.05. The lowest BCUT2D eigenvalue weighted by Gasteiger charge is -2.32. The van der Waals surface area contributed by atoms with Crippen LogP contribution in [0.25, 0.3) is 0 Å². The maximum absolute atomic E-state index is 14.1. The van der Waals surface area contributed by atoms with Gasteiger partial charge in [0.15, 0.2) is 0 Å². The number of hydrogen-bond acceptors (Lipinski definition) is 3. The largest absolute Gasteiger partial charge is 0.362 e. The lowest BCUT2D eigenvalue weighted by atomic mass is 9.97. The van der Waals surface area contributed by atoms with Crippen LogP contribution in [0.4, 0.5) is 15.8 Å². The Labute approximate surface area is 150 Å². The monoisotopic (exact) mass is 357 g/mol. The van der Waals surface area contributed by atoms with Gasteiger partial charge in [0, 0.05) is 22.8 Å². The average Bonchev–Trinajstić information content (AvgIpc) is 2.58. The molecule has 128 valence electrons. The molecule has 0 atom stereocenters. The SMILES string of the molecule is Cc1ccc(F)c2c1N(CC(=O)Nc1cc(Cl)ccc1C#N)CCC2. The van der Waals surface area contributed by atoms with E-state index in [9.17, 15) is 9.18 Å². The van der Waals surface area contributed by atoms with E-state index in [1.165, 1.54) is 6.07 Å². The van der Waals surface area contributed by atoms with Crippen molar-refractivity contribution in [3.05, 3.63) is 57.9 Å². The number of nitriles is 1. The van der Waals surface area contributed by atoms with Gasteiger partial charge in [-0.15, -0.1) is 0 Å². The Kier molecular flexibility index (Phi) is 4.91. The summed E-state index contributed by atoms with van der Waals surface area (Å²) >= 11 is 5.94. The molecule has 0 aliphatic carbocycles. The smallest absolute Gasteiger partial charge is 0.243 e. The van der Waals surface area contributed by atoms with Gasteiger partial charge in [0.05, 0.1) is 17.8 Å². The summed E-state index contributed by atoms with van der Waals surface area (Å²) in [6.07, 6.45) is 1.47. The summed E-state index contributed by atoms with van der Waals surface area (Å²) in [6.45, 7) is 2.69. The number of nitrogens with zero attached hydrogens (tertiary/aromatic N) is 2. The van der Waals surface area contributed by atoms with E-state index < -0.39 is 0 Å². The molecule has 2 aromatic rings. The van der Waals surface area contributed by atoms with Gasteiger partial charge >= 0.3 is 0 Å². The van der Waals surface area contributed by atoms with Gasteiger partial charge in [-0.3, -0.25) is 4.79 Å². The Hall–Kier alpha value is -2.58. The van der Waals surface area contributed by atoms with E-state index in [1.807, 2.05) is 17.9 Å². The van der Waals surface area contributed by atoms with E-state index in [-0.39, 0.29) is 18.3 Å². The van der Waals surface area contributed by atoms with Crippen molar-refractivity contribution in [2.75, 3.05) is 23.3 Å². The first-order valence-electron chi connectivity index (χ1n) is 8.02. The van der Waals surface area contributed by atoms with Crippen LogP contribution in [-0.4, -0.2) is 19.0 Å². The molecule has 0 unspecified atom stereocenters. The first-order chi connectivity index (χ1) is 12.0. The minimum Gasteiger partial charge on any atom is -0.362 e. The molecule has 1 amide bonds. The Balaban J connectivity index is 1.81. The van der Waals surface area contributed by atoms with Gasteiger partial charge < -0.3 is 10.2 Å². The topological polar surface area (TPSA) is 56.1 Å². The van der Waals surface area contributed by atoms with Crippen LogP contribution in [0, 0.1) is 24.1 Å². The van der Waals surface area contributed by atoms with Crippen LogP contribution >= 0.6 is 11.6 Å². The average molecular weight is 358 g/mol. The Bertz CT molecular complexity index is 876. The van der Waals surface area contributed by atoms with Gasteiger partial charge in [0.1, 0.15) is 11.9 Å². The molecule has 1 N–H and O–H groups in total. The van der Waals surface area contributed by atoms with Gasteiger partial charge in [-0.25, -0.2) is 4.39 Å². The van der Waals surface area contributed by atoms with Crippen molar-refractivity contribution >= 4 is 28.9 Å². The van der Waals surface area contributed by atoms with E-state index in [1.54, 1.807) is 24.3 Å². The highest BCUT2D eigenvalue weighted by atomic mass is 35.5. The summed E-state index contributed by atoms with van der Waals surface area (Å²) in [7, 11) is 0. The number of halogens is 2. The van der Waals surface area contributed by atoms with Crippen molar-refractivity contribution in [1.29, 1.82) is 5.26 Å². The van der Waals surface area contributed by atoms with Crippen molar-refractivity contribution < 1.29 is 9.18 Å². The fourth-order valence-electron chi connectivity index (χ4n) is 3.20. The Morgan fingerprint density at radius 2 is 2.20 bits per heavy atom. The molecule has 0 spiro atoms. The van der Waals surface area contributed by atoms with Gasteiger partial charge in [-0.2, -0.15) is 5.26 Å². The summed E-state index contributed by atoms with van der Waals surface area (Å²) in [5, 5.41) is 12.3. The zero-order chi connectivity index (χ0) is 18.0. The molecular formula is C19H17ClFN3O. The second-order valence-corrected chi connectivity index (χ2v) is 6.50. The number of fused-ring (bicyclic) bond motifs is 1. The molecule has 0 radical (unpaired) electrons.